The molecule has 27 heavy (non-hydrogen) atoms. The Kier molecular flexibility index (Phi) is 3.63. The molecule has 0 unspecified atom stereocenters. The van der Waals surface area contributed by atoms with Gasteiger partial charge in [-0.3, -0.25) is 4.79 Å². The van der Waals surface area contributed by atoms with Crippen molar-refractivity contribution in [1.82, 2.24) is 29.4 Å². The molecule has 9 nitrogen and oxygen atoms in total. The minimum atomic E-state index is -0.0763. The summed E-state index contributed by atoms with van der Waals surface area (Å²) in [6.45, 7) is 1.60. The van der Waals surface area contributed by atoms with Crippen LogP contribution in [0.4, 0.5) is 11.6 Å². The predicted octanol–water partition coefficient (Wildman–Crippen LogP) is 0.810. The lowest BCUT2D eigenvalue weighted by Crippen LogP contribution is -2.60. The molecule has 0 N–H and O–H groups in total. The van der Waals surface area contributed by atoms with E-state index < -0.39 is 0 Å². The Morgan fingerprint density at radius 1 is 1.19 bits per heavy atom. The molecule has 3 aromatic rings. The number of hydrogen-bond acceptors (Lipinski definition) is 7. The van der Waals surface area contributed by atoms with Crippen LogP contribution < -0.4 is 15.4 Å². The quantitative estimate of drug-likeness (QED) is 0.675. The smallest absolute Gasteiger partial charge is 0.293 e. The van der Waals surface area contributed by atoms with Crippen molar-refractivity contribution in [1.29, 1.82) is 0 Å². The molecule has 140 valence electrons. The SMILES string of the molecule is CN(c1nccn(C)c1=O)C1CN(c2ccc3nnc(C4CCC4)n3n2)C1. The molecule has 0 radical (unpaired) electrons. The van der Waals surface area contributed by atoms with Gasteiger partial charge in [0, 0.05) is 45.5 Å². The molecular weight excluding hydrogens is 344 g/mol. The Morgan fingerprint density at radius 2 is 2.00 bits per heavy atom. The number of rotatable bonds is 4. The van der Waals surface area contributed by atoms with Crippen LogP contribution in [-0.4, -0.2) is 55.5 Å². The monoisotopic (exact) mass is 366 g/mol. The highest BCUT2D eigenvalue weighted by Gasteiger charge is 2.33. The van der Waals surface area contributed by atoms with Crippen LogP contribution in [-0.2, 0) is 7.05 Å². The molecule has 1 saturated carbocycles. The summed E-state index contributed by atoms with van der Waals surface area (Å²) in [6, 6.07) is 4.20. The second kappa shape index (κ2) is 6.04. The third-order valence-electron chi connectivity index (χ3n) is 5.81. The van der Waals surface area contributed by atoms with E-state index in [2.05, 4.69) is 20.1 Å². The lowest BCUT2D eigenvalue weighted by Gasteiger charge is -2.44. The van der Waals surface area contributed by atoms with Gasteiger partial charge in [0.15, 0.2) is 17.3 Å². The van der Waals surface area contributed by atoms with Crippen LogP contribution in [0.25, 0.3) is 5.65 Å². The molecule has 0 aromatic carbocycles. The standard InChI is InChI=1S/C18H22N8O/c1-23-9-8-19-17(18(23)27)24(2)13-10-25(11-13)15-7-6-14-20-21-16(26(14)22-15)12-4-3-5-12/h6-9,12-13H,3-5,10-11H2,1-2H3. The molecule has 1 aliphatic heterocycles. The maximum absolute atomic E-state index is 12.3. The third kappa shape index (κ3) is 2.56. The first kappa shape index (κ1) is 16.2. The van der Waals surface area contributed by atoms with Crippen molar-refractivity contribution in [3.63, 3.8) is 0 Å². The molecule has 9 heteroatoms. The highest BCUT2D eigenvalue weighted by atomic mass is 16.1. The average Bonchev–Trinajstić information content (AvgIpc) is 2.97. The van der Waals surface area contributed by atoms with E-state index in [0.717, 1.165) is 30.4 Å². The van der Waals surface area contributed by atoms with Crippen LogP contribution in [0.5, 0.6) is 0 Å². The summed E-state index contributed by atoms with van der Waals surface area (Å²) in [5.41, 5.74) is 0.722. The molecular formula is C18H22N8O. The summed E-state index contributed by atoms with van der Waals surface area (Å²) in [5, 5.41) is 13.4. The van der Waals surface area contributed by atoms with E-state index in [4.69, 9.17) is 5.10 Å². The Balaban J connectivity index is 1.34. The van der Waals surface area contributed by atoms with Gasteiger partial charge in [0.1, 0.15) is 5.82 Å². The fraction of sp³-hybridized carbons (Fsp3) is 0.500. The lowest BCUT2D eigenvalue weighted by atomic mass is 9.85. The summed E-state index contributed by atoms with van der Waals surface area (Å²) >= 11 is 0. The van der Waals surface area contributed by atoms with Gasteiger partial charge in [-0.25, -0.2) is 4.98 Å². The van der Waals surface area contributed by atoms with Gasteiger partial charge < -0.3 is 14.4 Å². The van der Waals surface area contributed by atoms with Crippen molar-refractivity contribution in [2.75, 3.05) is 29.9 Å². The first-order valence-electron chi connectivity index (χ1n) is 9.33. The minimum Gasteiger partial charge on any atom is -0.351 e. The highest BCUT2D eigenvalue weighted by Crippen LogP contribution is 2.35. The van der Waals surface area contributed by atoms with E-state index in [1.165, 1.54) is 19.3 Å². The molecule has 3 aromatic heterocycles. The van der Waals surface area contributed by atoms with Crippen molar-refractivity contribution >= 4 is 17.3 Å². The van der Waals surface area contributed by atoms with Crippen molar-refractivity contribution in [3.05, 3.63) is 40.7 Å². The fourth-order valence-electron chi connectivity index (χ4n) is 3.67. The van der Waals surface area contributed by atoms with Crippen molar-refractivity contribution in [3.8, 4) is 0 Å². The first-order valence-corrected chi connectivity index (χ1v) is 9.33. The van der Waals surface area contributed by atoms with E-state index in [1.54, 1.807) is 24.0 Å². The summed E-state index contributed by atoms with van der Waals surface area (Å²) in [4.78, 5) is 20.7. The van der Waals surface area contributed by atoms with Crippen molar-refractivity contribution in [2.45, 2.75) is 31.2 Å². The van der Waals surface area contributed by atoms with Crippen LogP contribution in [0.15, 0.2) is 29.3 Å². The van der Waals surface area contributed by atoms with Gasteiger partial charge in [-0.05, 0) is 25.0 Å². The molecule has 0 bridgehead atoms. The van der Waals surface area contributed by atoms with Crippen LogP contribution in [0.2, 0.25) is 0 Å². The van der Waals surface area contributed by atoms with Crippen molar-refractivity contribution in [2.24, 2.45) is 7.05 Å². The maximum Gasteiger partial charge on any atom is 0.293 e. The van der Waals surface area contributed by atoms with Crippen LogP contribution in [0, 0.1) is 0 Å². The zero-order chi connectivity index (χ0) is 18.5. The van der Waals surface area contributed by atoms with Crippen LogP contribution in [0.3, 0.4) is 0 Å². The highest BCUT2D eigenvalue weighted by molar-refractivity contribution is 5.50. The van der Waals surface area contributed by atoms with Gasteiger partial charge in [-0.1, -0.05) is 6.42 Å². The predicted molar refractivity (Wildman–Crippen MR) is 101 cm³/mol. The number of nitrogens with zero attached hydrogens (tertiary/aromatic N) is 8. The Labute approximate surface area is 156 Å². The number of likely N-dealkylation sites (N-methyl/N-ethyl adjacent to an activating group) is 1. The summed E-state index contributed by atoms with van der Waals surface area (Å²) in [7, 11) is 3.67. The van der Waals surface area contributed by atoms with Crippen LogP contribution in [0.1, 0.15) is 31.0 Å². The molecule has 0 amide bonds. The number of aromatic nitrogens is 6. The number of hydrogen-bond donors (Lipinski definition) is 0. The second-order valence-electron chi connectivity index (χ2n) is 7.48. The Hall–Kier alpha value is -2.97. The molecule has 5 rings (SSSR count). The maximum atomic E-state index is 12.3. The van der Waals surface area contributed by atoms with Gasteiger partial charge in [0.25, 0.3) is 5.56 Å². The first-order chi connectivity index (χ1) is 13.1. The van der Waals surface area contributed by atoms with Crippen LogP contribution >= 0.6 is 0 Å². The molecule has 0 atom stereocenters. The molecule has 2 fully saturated rings. The van der Waals surface area contributed by atoms with E-state index in [0.29, 0.717) is 11.7 Å². The Bertz CT molecular complexity index is 1050. The average molecular weight is 366 g/mol. The van der Waals surface area contributed by atoms with E-state index in [1.807, 2.05) is 28.6 Å². The second-order valence-corrected chi connectivity index (χ2v) is 7.48. The van der Waals surface area contributed by atoms with Gasteiger partial charge >= 0.3 is 0 Å². The van der Waals surface area contributed by atoms with Gasteiger partial charge in [0.2, 0.25) is 0 Å². The van der Waals surface area contributed by atoms with Gasteiger partial charge in [0.05, 0.1) is 6.04 Å². The summed E-state index contributed by atoms with van der Waals surface area (Å²) in [5.74, 6) is 2.86. The molecule has 1 aliphatic carbocycles. The Morgan fingerprint density at radius 3 is 2.74 bits per heavy atom. The third-order valence-corrected chi connectivity index (χ3v) is 5.81. The number of aryl methyl sites for hydroxylation is 1. The van der Waals surface area contributed by atoms with Gasteiger partial charge in [-0.2, -0.15) is 4.52 Å². The molecule has 1 saturated heterocycles. The fourth-order valence-corrected chi connectivity index (χ4v) is 3.67. The normalized spacial score (nSPS) is 17.8. The van der Waals surface area contributed by atoms with Gasteiger partial charge in [-0.15, -0.1) is 15.3 Å². The number of fused-ring (bicyclic) bond motifs is 1. The summed E-state index contributed by atoms with van der Waals surface area (Å²) in [6.07, 6.45) is 6.93. The molecule has 4 heterocycles. The van der Waals surface area contributed by atoms with Crippen molar-refractivity contribution < 1.29 is 0 Å². The minimum absolute atomic E-state index is 0.0763. The van der Waals surface area contributed by atoms with E-state index in [9.17, 15) is 4.79 Å². The molecule has 2 aliphatic rings. The van der Waals surface area contributed by atoms with E-state index in [-0.39, 0.29) is 11.6 Å². The largest absolute Gasteiger partial charge is 0.351 e. The lowest BCUT2D eigenvalue weighted by molar-refractivity contribution is 0.394. The zero-order valence-electron chi connectivity index (χ0n) is 15.5. The number of anilines is 2. The summed E-state index contributed by atoms with van der Waals surface area (Å²) < 4.78 is 3.45. The topological polar surface area (TPSA) is 84.5 Å². The zero-order valence-corrected chi connectivity index (χ0v) is 15.5. The van der Waals surface area contributed by atoms with E-state index >= 15 is 0 Å². The molecule has 0 spiro atoms.